The Balaban J connectivity index is 2.54. The van der Waals surface area contributed by atoms with E-state index in [1.54, 1.807) is 0 Å². The number of esters is 1. The molecule has 1 aliphatic heterocycles. The standard InChI is InChI=1S/C9H9NO6/c1-14-9(13)5-7-6(15-2-3-16-7)4(10-5)8(11)12/h10H,2-3H2,1H3,(H,11,12). The van der Waals surface area contributed by atoms with E-state index in [1.807, 2.05) is 0 Å². The van der Waals surface area contributed by atoms with E-state index in [0.717, 1.165) is 0 Å². The van der Waals surface area contributed by atoms with Gasteiger partial charge in [-0.15, -0.1) is 0 Å². The molecule has 2 N–H and O–H groups in total. The number of carboxylic acids is 1. The first-order chi connectivity index (χ1) is 7.65. The minimum Gasteiger partial charge on any atom is -0.484 e. The topological polar surface area (TPSA) is 97.9 Å². The fourth-order valence-electron chi connectivity index (χ4n) is 1.42. The molecule has 0 spiro atoms. The molecule has 86 valence electrons. The number of rotatable bonds is 2. The van der Waals surface area contributed by atoms with Crippen molar-refractivity contribution >= 4 is 11.9 Å². The van der Waals surface area contributed by atoms with Crippen LogP contribution in [0.3, 0.4) is 0 Å². The minimum atomic E-state index is -1.23. The van der Waals surface area contributed by atoms with Gasteiger partial charge in [0, 0.05) is 0 Å². The monoisotopic (exact) mass is 227 g/mol. The molecule has 0 aromatic carbocycles. The second-order valence-electron chi connectivity index (χ2n) is 3.03. The molecular weight excluding hydrogens is 218 g/mol. The average Bonchev–Trinajstić information content (AvgIpc) is 2.67. The first kappa shape index (κ1) is 10.3. The summed E-state index contributed by atoms with van der Waals surface area (Å²) < 4.78 is 14.8. The molecule has 2 heterocycles. The third-order valence-electron chi connectivity index (χ3n) is 2.09. The minimum absolute atomic E-state index is 0.0409. The number of H-pyrrole nitrogens is 1. The zero-order chi connectivity index (χ0) is 11.7. The van der Waals surface area contributed by atoms with E-state index in [9.17, 15) is 9.59 Å². The number of ether oxygens (including phenoxy) is 3. The molecule has 7 nitrogen and oxygen atoms in total. The Morgan fingerprint density at radius 1 is 1.25 bits per heavy atom. The number of methoxy groups -OCH3 is 1. The molecule has 0 amide bonds. The van der Waals surface area contributed by atoms with E-state index in [0.29, 0.717) is 0 Å². The van der Waals surface area contributed by atoms with Gasteiger partial charge in [0.15, 0.2) is 22.9 Å². The highest BCUT2D eigenvalue weighted by Gasteiger charge is 2.30. The van der Waals surface area contributed by atoms with Crippen molar-refractivity contribution in [3.05, 3.63) is 11.4 Å². The summed E-state index contributed by atoms with van der Waals surface area (Å²) in [5, 5.41) is 8.89. The zero-order valence-electron chi connectivity index (χ0n) is 8.40. The van der Waals surface area contributed by atoms with E-state index in [2.05, 4.69) is 9.72 Å². The van der Waals surface area contributed by atoms with Crippen LogP contribution in [-0.4, -0.2) is 42.4 Å². The Morgan fingerprint density at radius 3 is 2.31 bits per heavy atom. The van der Waals surface area contributed by atoms with Gasteiger partial charge in [0.05, 0.1) is 7.11 Å². The fraction of sp³-hybridized carbons (Fsp3) is 0.333. The third kappa shape index (κ3) is 1.46. The van der Waals surface area contributed by atoms with Gasteiger partial charge in [0.25, 0.3) is 0 Å². The number of nitrogens with one attached hydrogen (secondary N) is 1. The normalized spacial score (nSPS) is 13.3. The summed E-state index contributed by atoms with van der Waals surface area (Å²) in [6, 6.07) is 0. The molecular formula is C9H9NO6. The van der Waals surface area contributed by atoms with Crippen LogP contribution in [0.1, 0.15) is 21.0 Å². The largest absolute Gasteiger partial charge is 0.484 e. The molecule has 1 aliphatic rings. The molecule has 0 unspecified atom stereocenters. The van der Waals surface area contributed by atoms with Crippen molar-refractivity contribution in [1.82, 2.24) is 4.98 Å². The summed E-state index contributed by atoms with van der Waals surface area (Å²) in [7, 11) is 1.19. The van der Waals surface area contributed by atoms with Gasteiger partial charge in [-0.25, -0.2) is 9.59 Å². The summed E-state index contributed by atoms with van der Waals surface area (Å²) in [5.74, 6) is -1.79. The number of aromatic nitrogens is 1. The van der Waals surface area contributed by atoms with Gasteiger partial charge >= 0.3 is 11.9 Å². The lowest BCUT2D eigenvalue weighted by molar-refractivity contribution is 0.0586. The fourth-order valence-corrected chi connectivity index (χ4v) is 1.42. The van der Waals surface area contributed by atoms with E-state index >= 15 is 0 Å². The molecule has 0 fully saturated rings. The van der Waals surface area contributed by atoms with Crippen LogP contribution in [0.5, 0.6) is 11.5 Å². The molecule has 0 radical (unpaired) electrons. The molecule has 16 heavy (non-hydrogen) atoms. The maximum absolute atomic E-state index is 11.3. The number of carbonyl (C=O) groups is 2. The average molecular weight is 227 g/mol. The number of hydrogen-bond acceptors (Lipinski definition) is 5. The van der Waals surface area contributed by atoms with Gasteiger partial charge in [-0.3, -0.25) is 0 Å². The number of fused-ring (bicyclic) bond motifs is 1. The zero-order valence-corrected chi connectivity index (χ0v) is 8.40. The number of aromatic carboxylic acids is 1. The Kier molecular flexibility index (Phi) is 2.43. The van der Waals surface area contributed by atoms with Gasteiger partial charge in [-0.2, -0.15) is 0 Å². The van der Waals surface area contributed by atoms with Crippen molar-refractivity contribution in [3.8, 4) is 11.5 Å². The van der Waals surface area contributed by atoms with Crippen molar-refractivity contribution in [3.63, 3.8) is 0 Å². The molecule has 1 aromatic heterocycles. The maximum atomic E-state index is 11.3. The Morgan fingerprint density at radius 2 is 1.81 bits per heavy atom. The highest BCUT2D eigenvalue weighted by atomic mass is 16.6. The van der Waals surface area contributed by atoms with E-state index in [-0.39, 0.29) is 36.1 Å². The van der Waals surface area contributed by atoms with Crippen LogP contribution in [0.15, 0.2) is 0 Å². The van der Waals surface area contributed by atoms with Gasteiger partial charge in [0.1, 0.15) is 13.2 Å². The van der Waals surface area contributed by atoms with Gasteiger partial charge < -0.3 is 24.3 Å². The molecule has 2 rings (SSSR count). The predicted octanol–water partition coefficient (Wildman–Crippen LogP) is 0.271. The van der Waals surface area contributed by atoms with Crippen molar-refractivity contribution in [2.24, 2.45) is 0 Å². The van der Waals surface area contributed by atoms with Gasteiger partial charge in [0.2, 0.25) is 0 Å². The highest BCUT2D eigenvalue weighted by molar-refractivity contribution is 5.98. The lowest BCUT2D eigenvalue weighted by Gasteiger charge is -2.15. The third-order valence-corrected chi connectivity index (χ3v) is 2.09. The predicted molar refractivity (Wildman–Crippen MR) is 50.1 cm³/mol. The summed E-state index contributed by atoms with van der Waals surface area (Å²) >= 11 is 0. The molecule has 0 saturated heterocycles. The van der Waals surface area contributed by atoms with Gasteiger partial charge in [-0.05, 0) is 0 Å². The molecule has 0 bridgehead atoms. The van der Waals surface area contributed by atoms with E-state index < -0.39 is 11.9 Å². The molecule has 0 saturated carbocycles. The smallest absolute Gasteiger partial charge is 0.358 e. The summed E-state index contributed by atoms with van der Waals surface area (Å²) in [6.45, 7) is 0.500. The molecule has 0 atom stereocenters. The Hall–Kier alpha value is -2.18. The van der Waals surface area contributed by atoms with E-state index in [1.165, 1.54) is 7.11 Å². The maximum Gasteiger partial charge on any atom is 0.358 e. The summed E-state index contributed by atoms with van der Waals surface area (Å²) in [5.41, 5.74) is -0.260. The molecule has 0 aliphatic carbocycles. The Bertz CT molecular complexity index is 449. The number of carboxylic acid groups (broad SMARTS) is 1. The van der Waals surface area contributed by atoms with E-state index in [4.69, 9.17) is 14.6 Å². The quantitative estimate of drug-likeness (QED) is 0.704. The molecule has 1 aromatic rings. The first-order valence-corrected chi connectivity index (χ1v) is 4.48. The van der Waals surface area contributed by atoms with Crippen LogP contribution in [-0.2, 0) is 4.74 Å². The lowest BCUT2D eigenvalue weighted by Crippen LogP contribution is -2.17. The second kappa shape index (κ2) is 3.76. The number of hydrogen-bond donors (Lipinski definition) is 2. The van der Waals surface area contributed by atoms with Crippen molar-refractivity contribution in [2.75, 3.05) is 20.3 Å². The van der Waals surface area contributed by atoms with Crippen LogP contribution in [0.4, 0.5) is 0 Å². The SMILES string of the molecule is COC(=O)c1[nH]c(C(=O)O)c2c1OCCO2. The number of aromatic amines is 1. The highest BCUT2D eigenvalue weighted by Crippen LogP contribution is 2.37. The second-order valence-corrected chi connectivity index (χ2v) is 3.03. The Labute approximate surface area is 89.9 Å². The van der Waals surface area contributed by atoms with Crippen LogP contribution in [0, 0.1) is 0 Å². The number of carbonyl (C=O) groups excluding carboxylic acids is 1. The van der Waals surface area contributed by atoms with Crippen LogP contribution in [0.25, 0.3) is 0 Å². The molecule has 7 heteroatoms. The van der Waals surface area contributed by atoms with Crippen molar-refractivity contribution in [1.29, 1.82) is 0 Å². The van der Waals surface area contributed by atoms with Crippen LogP contribution >= 0.6 is 0 Å². The van der Waals surface area contributed by atoms with Crippen molar-refractivity contribution < 1.29 is 28.9 Å². The van der Waals surface area contributed by atoms with Crippen molar-refractivity contribution in [2.45, 2.75) is 0 Å². The van der Waals surface area contributed by atoms with Crippen LogP contribution < -0.4 is 9.47 Å². The summed E-state index contributed by atoms with van der Waals surface area (Å²) in [6.07, 6.45) is 0. The summed E-state index contributed by atoms with van der Waals surface area (Å²) in [4.78, 5) is 24.6. The van der Waals surface area contributed by atoms with Crippen LogP contribution in [0.2, 0.25) is 0 Å². The van der Waals surface area contributed by atoms with Gasteiger partial charge in [-0.1, -0.05) is 0 Å². The lowest BCUT2D eigenvalue weighted by atomic mass is 10.3. The first-order valence-electron chi connectivity index (χ1n) is 4.48.